The normalized spacial score (nSPS) is 48.2. The lowest BCUT2D eigenvalue weighted by Crippen LogP contribution is -2.65. The summed E-state index contributed by atoms with van der Waals surface area (Å²) in [5.41, 5.74) is 5.82. The largest absolute Gasteiger partial charge is 0.467 e. The molecule has 0 amide bonds. The third kappa shape index (κ3) is 3.94. The second-order valence-corrected chi connectivity index (χ2v) is 6.03. The lowest BCUT2D eigenvalue weighted by atomic mass is 9.96. The van der Waals surface area contributed by atoms with Gasteiger partial charge in [-0.05, 0) is 6.92 Å². The maximum atomic E-state index is 11.7. The molecule has 10 atom stereocenters. The predicted octanol–water partition coefficient (Wildman–Crippen LogP) is -3.57. The number of ether oxygens (including phenoxy) is 5. The number of nitrogens with two attached hydrogens (primary N) is 1. The molecule has 0 aliphatic carbocycles. The molecule has 11 nitrogen and oxygen atoms in total. The Labute approximate surface area is 144 Å². The second kappa shape index (κ2) is 8.20. The lowest BCUT2D eigenvalue weighted by Gasteiger charge is -2.45. The molecule has 0 aromatic carbocycles. The van der Waals surface area contributed by atoms with Gasteiger partial charge in [-0.15, -0.1) is 0 Å². The molecule has 11 heteroatoms. The third-order valence-electron chi connectivity index (χ3n) is 4.38. The van der Waals surface area contributed by atoms with E-state index in [4.69, 9.17) is 24.7 Å². The smallest absolute Gasteiger partial charge is 0.337 e. The summed E-state index contributed by atoms with van der Waals surface area (Å²) in [7, 11) is 2.45. The van der Waals surface area contributed by atoms with E-state index in [2.05, 4.69) is 4.74 Å². The number of hydrogen-bond donors (Lipinski definition) is 5. The maximum absolute atomic E-state index is 11.7. The van der Waals surface area contributed by atoms with Crippen LogP contribution >= 0.6 is 0 Å². The van der Waals surface area contributed by atoms with Gasteiger partial charge in [0.25, 0.3) is 0 Å². The zero-order chi connectivity index (χ0) is 18.9. The number of carbonyl (C=O) groups is 1. The van der Waals surface area contributed by atoms with Crippen LogP contribution in [0.15, 0.2) is 0 Å². The zero-order valence-corrected chi connectivity index (χ0v) is 14.1. The Kier molecular flexibility index (Phi) is 6.70. The average molecular weight is 367 g/mol. The summed E-state index contributed by atoms with van der Waals surface area (Å²) in [6.45, 7) is 1.59. The van der Waals surface area contributed by atoms with Gasteiger partial charge in [0.15, 0.2) is 18.7 Å². The summed E-state index contributed by atoms with van der Waals surface area (Å²) in [5.74, 6) is -0.948. The molecule has 0 spiro atoms. The number of hydrogen-bond acceptors (Lipinski definition) is 11. The van der Waals surface area contributed by atoms with Crippen molar-refractivity contribution in [1.29, 1.82) is 0 Å². The van der Waals surface area contributed by atoms with Gasteiger partial charge in [0.05, 0.1) is 19.3 Å². The van der Waals surface area contributed by atoms with E-state index < -0.39 is 67.3 Å². The quantitative estimate of drug-likeness (QED) is 0.311. The number of aliphatic hydroxyl groups excluding tert-OH is 4. The van der Waals surface area contributed by atoms with Crippen molar-refractivity contribution in [2.24, 2.45) is 5.73 Å². The molecule has 0 radical (unpaired) electrons. The Morgan fingerprint density at radius 2 is 1.60 bits per heavy atom. The fraction of sp³-hybridized carbons (Fsp3) is 0.929. The summed E-state index contributed by atoms with van der Waals surface area (Å²) >= 11 is 0. The van der Waals surface area contributed by atoms with Crippen LogP contribution in [-0.2, 0) is 28.5 Å². The minimum atomic E-state index is -1.72. The van der Waals surface area contributed by atoms with Crippen molar-refractivity contribution in [3.05, 3.63) is 0 Å². The summed E-state index contributed by atoms with van der Waals surface area (Å²) in [4.78, 5) is 11.7. The molecule has 2 rings (SSSR count). The van der Waals surface area contributed by atoms with Crippen LogP contribution in [0.5, 0.6) is 0 Å². The van der Waals surface area contributed by atoms with E-state index in [0.29, 0.717) is 0 Å². The van der Waals surface area contributed by atoms with Crippen molar-refractivity contribution in [2.45, 2.75) is 68.3 Å². The highest BCUT2D eigenvalue weighted by molar-refractivity contribution is 5.75. The first-order valence-electron chi connectivity index (χ1n) is 7.77. The van der Waals surface area contributed by atoms with E-state index in [-0.39, 0.29) is 0 Å². The molecular weight excluding hydrogens is 342 g/mol. The molecule has 25 heavy (non-hydrogen) atoms. The van der Waals surface area contributed by atoms with E-state index in [0.717, 1.165) is 7.11 Å². The van der Waals surface area contributed by atoms with E-state index in [1.807, 2.05) is 0 Å². The van der Waals surface area contributed by atoms with Gasteiger partial charge in [-0.2, -0.15) is 0 Å². The molecule has 0 aromatic heterocycles. The minimum absolute atomic E-state index is 0.698. The molecule has 2 heterocycles. The zero-order valence-electron chi connectivity index (χ0n) is 14.1. The van der Waals surface area contributed by atoms with Gasteiger partial charge < -0.3 is 49.8 Å². The van der Waals surface area contributed by atoms with Gasteiger partial charge >= 0.3 is 5.97 Å². The van der Waals surface area contributed by atoms with Crippen molar-refractivity contribution < 1.29 is 48.9 Å². The van der Waals surface area contributed by atoms with E-state index in [9.17, 15) is 25.2 Å². The van der Waals surface area contributed by atoms with Crippen LogP contribution in [-0.4, -0.2) is 102 Å². The third-order valence-corrected chi connectivity index (χ3v) is 4.38. The first-order valence-corrected chi connectivity index (χ1v) is 7.77. The molecule has 2 fully saturated rings. The van der Waals surface area contributed by atoms with Gasteiger partial charge in [0.2, 0.25) is 0 Å². The molecule has 0 bridgehead atoms. The first kappa shape index (κ1) is 20.4. The van der Waals surface area contributed by atoms with Crippen molar-refractivity contribution in [2.75, 3.05) is 14.2 Å². The highest BCUT2D eigenvalue weighted by atomic mass is 16.7. The Balaban J connectivity index is 2.13. The van der Waals surface area contributed by atoms with Crippen LogP contribution in [0.2, 0.25) is 0 Å². The Hall–Kier alpha value is -0.890. The van der Waals surface area contributed by atoms with Crippen LogP contribution < -0.4 is 5.73 Å². The number of esters is 1. The van der Waals surface area contributed by atoms with Crippen molar-refractivity contribution in [3.8, 4) is 0 Å². The minimum Gasteiger partial charge on any atom is -0.467 e. The molecule has 2 aliphatic rings. The summed E-state index contributed by atoms with van der Waals surface area (Å²) in [5, 5.41) is 40.1. The van der Waals surface area contributed by atoms with Gasteiger partial charge in [-0.3, -0.25) is 0 Å². The number of methoxy groups -OCH3 is 2. The van der Waals surface area contributed by atoms with Gasteiger partial charge in [-0.25, -0.2) is 4.79 Å². The lowest BCUT2D eigenvalue weighted by molar-refractivity contribution is -0.337. The fourth-order valence-electron chi connectivity index (χ4n) is 2.87. The van der Waals surface area contributed by atoms with Crippen molar-refractivity contribution in [3.63, 3.8) is 0 Å². The Morgan fingerprint density at radius 1 is 0.960 bits per heavy atom. The van der Waals surface area contributed by atoms with E-state index in [1.165, 1.54) is 7.11 Å². The highest BCUT2D eigenvalue weighted by Gasteiger charge is 2.51. The summed E-state index contributed by atoms with van der Waals surface area (Å²) < 4.78 is 25.7. The highest BCUT2D eigenvalue weighted by Crippen LogP contribution is 2.28. The molecule has 6 N–H and O–H groups in total. The summed E-state index contributed by atoms with van der Waals surface area (Å²) in [6, 6.07) is -0.932. The van der Waals surface area contributed by atoms with E-state index in [1.54, 1.807) is 6.92 Å². The summed E-state index contributed by atoms with van der Waals surface area (Å²) in [6.07, 6.45) is -12.0. The van der Waals surface area contributed by atoms with Gasteiger partial charge in [0.1, 0.15) is 30.5 Å². The van der Waals surface area contributed by atoms with Crippen molar-refractivity contribution in [1.82, 2.24) is 0 Å². The number of carbonyl (C=O) groups excluding carboxylic acids is 1. The van der Waals surface area contributed by atoms with Gasteiger partial charge in [-0.1, -0.05) is 0 Å². The molecule has 10 unspecified atom stereocenters. The molecule has 0 aromatic rings. The molecule has 2 saturated heterocycles. The van der Waals surface area contributed by atoms with Crippen LogP contribution in [0.1, 0.15) is 6.92 Å². The maximum Gasteiger partial charge on any atom is 0.337 e. The topological polar surface area (TPSA) is 170 Å². The average Bonchev–Trinajstić information content (AvgIpc) is 2.60. The fourth-order valence-corrected chi connectivity index (χ4v) is 2.87. The van der Waals surface area contributed by atoms with E-state index >= 15 is 0 Å². The van der Waals surface area contributed by atoms with Crippen LogP contribution in [0.3, 0.4) is 0 Å². The Morgan fingerprint density at radius 3 is 2.16 bits per heavy atom. The predicted molar refractivity (Wildman–Crippen MR) is 78.9 cm³/mol. The first-order chi connectivity index (χ1) is 11.7. The number of rotatable bonds is 4. The molecule has 0 saturated carbocycles. The monoisotopic (exact) mass is 367 g/mol. The SMILES string of the molecule is COC(=O)C1OC(OC2C(C)OC(OC)C(N)C2O)C(O)C(O)C1O. The standard InChI is InChI=1S/C14H25NO10/c1-4-10(6(16)5(15)13(22-3)23-4)24-14-9(19)7(17)8(18)11(25-14)12(20)21-2/h4-11,13-14,16-19H,15H2,1-3H3. The molecular formula is C14H25NO10. The molecule has 146 valence electrons. The molecule has 2 aliphatic heterocycles. The Bertz CT molecular complexity index is 465. The van der Waals surface area contributed by atoms with Crippen LogP contribution in [0.25, 0.3) is 0 Å². The second-order valence-electron chi connectivity index (χ2n) is 6.03. The van der Waals surface area contributed by atoms with Gasteiger partial charge in [0, 0.05) is 7.11 Å². The van der Waals surface area contributed by atoms with Crippen molar-refractivity contribution >= 4 is 5.97 Å². The van der Waals surface area contributed by atoms with Crippen LogP contribution in [0.4, 0.5) is 0 Å². The van der Waals surface area contributed by atoms with Crippen LogP contribution in [0, 0.1) is 0 Å². The number of aliphatic hydroxyl groups is 4.